The Morgan fingerprint density at radius 2 is 0.911 bits per heavy atom. The van der Waals surface area contributed by atoms with Crippen molar-refractivity contribution in [3.63, 3.8) is 0 Å². The van der Waals surface area contributed by atoms with E-state index in [0.717, 1.165) is 0 Å². The van der Waals surface area contributed by atoms with Gasteiger partial charge in [-0.05, 0) is 84.3 Å². The second kappa shape index (κ2) is 10.4. The van der Waals surface area contributed by atoms with E-state index in [-0.39, 0.29) is 27.1 Å². The molecule has 0 atom stereocenters. The highest BCUT2D eigenvalue weighted by Crippen LogP contribution is 2.48. The first-order chi connectivity index (χ1) is 29.4. The maximum absolute atomic E-state index is 9.49. The van der Waals surface area contributed by atoms with Crippen LogP contribution in [0.25, 0.3) is 88.0 Å². The molecule has 0 aliphatic carbocycles. The smallest absolute Gasteiger partial charge is 0.136 e. The van der Waals surface area contributed by atoms with E-state index in [1.165, 1.54) is 0 Å². The van der Waals surface area contributed by atoms with Crippen LogP contribution < -0.4 is 0 Å². The molecule has 0 saturated carbocycles. The molecule has 9 rings (SSSR count). The van der Waals surface area contributed by atoms with E-state index in [4.69, 9.17) is 16.8 Å². The highest BCUT2D eigenvalue weighted by Gasteiger charge is 2.21. The summed E-state index contributed by atoms with van der Waals surface area (Å²) < 4.78 is 158. The van der Waals surface area contributed by atoms with E-state index in [0.29, 0.717) is 38.6 Å². The van der Waals surface area contributed by atoms with Crippen LogP contribution in [-0.2, 0) is 0 Å². The van der Waals surface area contributed by atoms with Crippen molar-refractivity contribution in [2.24, 2.45) is 0 Å². The Hall–Kier alpha value is -5.92. The van der Waals surface area contributed by atoms with Crippen molar-refractivity contribution in [3.8, 4) is 44.5 Å². The Labute approximate surface area is 285 Å². The van der Waals surface area contributed by atoms with Crippen molar-refractivity contribution in [2.75, 3.05) is 0 Å². The zero-order valence-corrected chi connectivity index (χ0v) is 23.3. The minimum Gasteiger partial charge on any atom is -0.456 e. The van der Waals surface area contributed by atoms with Crippen LogP contribution in [0.2, 0.25) is 0 Å². The van der Waals surface area contributed by atoms with Crippen molar-refractivity contribution in [2.45, 2.75) is 0 Å². The molecule has 0 bridgehead atoms. The van der Waals surface area contributed by atoms with Gasteiger partial charge in [-0.2, -0.15) is 0 Å². The van der Waals surface area contributed by atoms with Crippen molar-refractivity contribution < 1.29 is 27.7 Å². The first-order valence-electron chi connectivity index (χ1n) is 22.6. The molecule has 9 aromatic rings. The highest BCUT2D eigenvalue weighted by atomic mass is 16.3. The Morgan fingerprint density at radius 1 is 0.356 bits per heavy atom. The molecule has 0 saturated heterocycles. The van der Waals surface area contributed by atoms with Crippen LogP contribution in [0.4, 0.5) is 0 Å². The number of furan rings is 1. The molecule has 1 heteroatoms. The van der Waals surface area contributed by atoms with Crippen molar-refractivity contribution in [3.05, 3.63) is 169 Å². The van der Waals surface area contributed by atoms with Crippen LogP contribution in [0.5, 0.6) is 0 Å². The largest absolute Gasteiger partial charge is 0.456 e. The molecule has 1 heterocycles. The molecule has 0 spiro atoms. The van der Waals surface area contributed by atoms with Gasteiger partial charge in [0.1, 0.15) is 11.2 Å². The van der Waals surface area contributed by atoms with Gasteiger partial charge < -0.3 is 4.42 Å². The van der Waals surface area contributed by atoms with Crippen molar-refractivity contribution in [1.82, 2.24) is 0 Å². The maximum Gasteiger partial charge on any atom is 0.136 e. The summed E-state index contributed by atoms with van der Waals surface area (Å²) in [7, 11) is 0. The fourth-order valence-corrected chi connectivity index (χ4v) is 5.92. The summed E-state index contributed by atoms with van der Waals surface area (Å²) in [6.07, 6.45) is 0. The molecule has 0 aliphatic rings. The minimum atomic E-state index is -0.866. The molecular formula is C44H28O. The molecule has 8 aromatic carbocycles. The molecule has 0 fully saturated rings. The average Bonchev–Trinajstić information content (AvgIpc) is 3.64. The lowest BCUT2D eigenvalue weighted by Gasteiger charge is -2.20. The number of fused-ring (bicyclic) bond motifs is 5. The minimum absolute atomic E-state index is 0.0187. The summed E-state index contributed by atoms with van der Waals surface area (Å²) in [4.78, 5) is 0. The normalized spacial score (nSPS) is 16.8. The third-order valence-corrected chi connectivity index (χ3v) is 7.87. The molecule has 210 valence electrons. The number of para-hydroxylation sites is 1. The predicted octanol–water partition coefficient (Wildman–Crippen LogP) is 12.6. The molecular weight excluding hydrogens is 544 g/mol. The highest BCUT2D eigenvalue weighted by molar-refractivity contribution is 6.23. The second-order valence-corrected chi connectivity index (χ2v) is 10.4. The van der Waals surface area contributed by atoms with E-state index in [9.17, 15) is 11.0 Å². The van der Waals surface area contributed by atoms with Gasteiger partial charge in [-0.25, -0.2) is 0 Å². The number of rotatable bonds is 4. The van der Waals surface area contributed by atoms with Gasteiger partial charge in [-0.3, -0.25) is 0 Å². The number of hydrogen-bond acceptors (Lipinski definition) is 1. The Kier molecular flexibility index (Phi) is 3.18. The third kappa shape index (κ3) is 4.17. The zero-order chi connectivity index (χ0) is 44.5. The number of benzene rings is 8. The van der Waals surface area contributed by atoms with Crippen LogP contribution in [0.1, 0.15) is 23.3 Å². The predicted molar refractivity (Wildman–Crippen MR) is 190 cm³/mol. The summed E-state index contributed by atoms with van der Waals surface area (Å²) in [5.41, 5.74) is 0.0865. The summed E-state index contributed by atoms with van der Waals surface area (Å²) in [5.74, 6) is 0. The van der Waals surface area contributed by atoms with E-state index >= 15 is 0 Å². The van der Waals surface area contributed by atoms with Gasteiger partial charge in [0.15, 0.2) is 0 Å². The van der Waals surface area contributed by atoms with Gasteiger partial charge in [0, 0.05) is 10.8 Å². The van der Waals surface area contributed by atoms with Gasteiger partial charge in [-0.15, -0.1) is 0 Å². The Bertz CT molecular complexity index is 3350. The van der Waals surface area contributed by atoms with E-state index in [2.05, 4.69) is 0 Å². The lowest BCUT2D eigenvalue weighted by atomic mass is 9.83. The maximum atomic E-state index is 9.49. The fraction of sp³-hybridized carbons (Fsp3) is 0. The SMILES string of the molecule is [2H]c1c([2H])c([2H])c(-c2c([2H])c([2H])c(-c3c4c([2H])c([2H])c([2H])c([2H])c4c(-c4cc5c(cc4-c4ccccc4)oc4ccccc45)c4c([2H])c([2H])c([2H])c([2H])c34)c([2H])c2[2H])c([2H])c1[2H]. The monoisotopic (exact) mass is 589 g/mol. The third-order valence-electron chi connectivity index (χ3n) is 7.87. The van der Waals surface area contributed by atoms with Crippen LogP contribution in [-0.4, -0.2) is 0 Å². The molecule has 1 aromatic heterocycles. The Morgan fingerprint density at radius 3 is 1.60 bits per heavy atom. The van der Waals surface area contributed by atoms with E-state index < -0.39 is 125 Å². The van der Waals surface area contributed by atoms with Crippen LogP contribution in [0, 0.1) is 0 Å². The summed E-state index contributed by atoms with van der Waals surface area (Å²) in [6, 6.07) is 6.86. The van der Waals surface area contributed by atoms with Gasteiger partial charge >= 0.3 is 0 Å². The standard InChI is InChI=1S/C44H28O/c1-3-13-29(14-4-1)30-23-25-32(26-24-30)43-34-18-7-9-20-36(34)44(37-21-10-8-19-35(37)43)40-27-39-33-17-11-12-22-41(33)45-42(39)28-38(40)31-15-5-2-6-16-31/h1-28H/i1D,3D,4D,7D,8D,9D,10D,13D,14D,18D,19D,20D,21D,23D,24D,25D,26D. The second-order valence-electron chi connectivity index (χ2n) is 10.4. The lowest BCUT2D eigenvalue weighted by molar-refractivity contribution is 0.669. The molecule has 0 radical (unpaired) electrons. The van der Waals surface area contributed by atoms with Crippen molar-refractivity contribution >= 4 is 43.5 Å². The van der Waals surface area contributed by atoms with Gasteiger partial charge in [0.05, 0.1) is 23.3 Å². The molecule has 0 N–H and O–H groups in total. The molecule has 0 unspecified atom stereocenters. The quantitative estimate of drug-likeness (QED) is 0.186. The van der Waals surface area contributed by atoms with E-state index in [1.807, 2.05) is 12.1 Å². The van der Waals surface area contributed by atoms with E-state index in [1.54, 1.807) is 54.6 Å². The van der Waals surface area contributed by atoms with Gasteiger partial charge in [0.25, 0.3) is 0 Å². The molecule has 1 nitrogen and oxygen atoms in total. The molecule has 45 heavy (non-hydrogen) atoms. The first kappa shape index (κ1) is 13.8. The van der Waals surface area contributed by atoms with Crippen molar-refractivity contribution in [1.29, 1.82) is 0 Å². The summed E-state index contributed by atoms with van der Waals surface area (Å²) in [5, 5.41) is 0.0799. The van der Waals surface area contributed by atoms with Crippen LogP contribution in [0.3, 0.4) is 0 Å². The molecule has 0 aliphatic heterocycles. The zero-order valence-electron chi connectivity index (χ0n) is 40.3. The first-order valence-corrected chi connectivity index (χ1v) is 14.1. The number of hydrogen-bond donors (Lipinski definition) is 0. The average molecular weight is 590 g/mol. The summed E-state index contributed by atoms with van der Waals surface area (Å²) in [6.45, 7) is 0. The summed E-state index contributed by atoms with van der Waals surface area (Å²) >= 11 is 0. The molecule has 0 amide bonds. The fourth-order valence-electron chi connectivity index (χ4n) is 5.92. The van der Waals surface area contributed by atoms with Gasteiger partial charge in [0.2, 0.25) is 0 Å². The van der Waals surface area contributed by atoms with Gasteiger partial charge in [-0.1, -0.05) is 151 Å². The Balaban J connectivity index is 1.56. The van der Waals surface area contributed by atoms with Crippen LogP contribution in [0.15, 0.2) is 174 Å². The topological polar surface area (TPSA) is 13.1 Å². The lowest BCUT2D eigenvalue weighted by Crippen LogP contribution is -1.93. The van der Waals surface area contributed by atoms with Crippen LogP contribution >= 0.6 is 0 Å².